The van der Waals surface area contributed by atoms with Crippen LogP contribution < -0.4 is 5.32 Å². The Labute approximate surface area is 78.9 Å². The van der Waals surface area contributed by atoms with Gasteiger partial charge in [-0.3, -0.25) is 0 Å². The SMILES string of the molecule is OCCNCc1ccc(I)o1. The van der Waals surface area contributed by atoms with Crippen LogP contribution in [-0.4, -0.2) is 18.3 Å². The molecule has 3 nitrogen and oxygen atoms in total. The van der Waals surface area contributed by atoms with Gasteiger partial charge in [-0.15, -0.1) is 0 Å². The van der Waals surface area contributed by atoms with Crippen molar-refractivity contribution >= 4 is 22.6 Å². The molecule has 11 heavy (non-hydrogen) atoms. The minimum Gasteiger partial charge on any atom is -0.454 e. The summed E-state index contributed by atoms with van der Waals surface area (Å²) in [5.41, 5.74) is 0. The lowest BCUT2D eigenvalue weighted by atomic mass is 10.4. The Morgan fingerprint density at radius 2 is 2.36 bits per heavy atom. The first-order chi connectivity index (χ1) is 5.33. The van der Waals surface area contributed by atoms with Crippen molar-refractivity contribution in [3.63, 3.8) is 0 Å². The summed E-state index contributed by atoms with van der Waals surface area (Å²) in [7, 11) is 0. The second-order valence-electron chi connectivity index (χ2n) is 2.11. The molecule has 0 fully saturated rings. The predicted octanol–water partition coefficient (Wildman–Crippen LogP) is 0.966. The number of nitrogens with one attached hydrogen (secondary N) is 1. The van der Waals surface area contributed by atoms with Crippen molar-refractivity contribution in [3.05, 3.63) is 21.7 Å². The summed E-state index contributed by atoms with van der Waals surface area (Å²) in [6, 6.07) is 3.84. The van der Waals surface area contributed by atoms with Crippen molar-refractivity contribution in [2.24, 2.45) is 0 Å². The van der Waals surface area contributed by atoms with E-state index >= 15 is 0 Å². The molecule has 0 aliphatic carbocycles. The number of hydrogen-bond donors (Lipinski definition) is 2. The molecule has 62 valence electrons. The van der Waals surface area contributed by atoms with Crippen molar-refractivity contribution < 1.29 is 9.52 Å². The zero-order valence-electron chi connectivity index (χ0n) is 6.01. The zero-order valence-corrected chi connectivity index (χ0v) is 8.17. The second kappa shape index (κ2) is 4.74. The maximum Gasteiger partial charge on any atom is 0.164 e. The van der Waals surface area contributed by atoms with E-state index in [4.69, 9.17) is 9.52 Å². The van der Waals surface area contributed by atoms with Gasteiger partial charge in [0.05, 0.1) is 13.2 Å². The Bertz CT molecular complexity index is 212. The third kappa shape index (κ3) is 3.22. The molecular formula is C7H10INO2. The van der Waals surface area contributed by atoms with Crippen LogP contribution in [0.1, 0.15) is 5.76 Å². The van der Waals surface area contributed by atoms with E-state index in [1.165, 1.54) is 0 Å². The van der Waals surface area contributed by atoms with Crippen LogP contribution in [0.5, 0.6) is 0 Å². The number of furan rings is 1. The summed E-state index contributed by atoms with van der Waals surface area (Å²) in [5.74, 6) is 0.905. The molecule has 2 N–H and O–H groups in total. The number of aliphatic hydroxyl groups excluding tert-OH is 1. The van der Waals surface area contributed by atoms with E-state index in [0.717, 1.165) is 9.53 Å². The Kier molecular flexibility index (Phi) is 3.88. The topological polar surface area (TPSA) is 45.4 Å². The highest BCUT2D eigenvalue weighted by Crippen LogP contribution is 2.09. The number of hydrogen-bond acceptors (Lipinski definition) is 3. The van der Waals surface area contributed by atoms with E-state index < -0.39 is 0 Å². The number of rotatable bonds is 4. The lowest BCUT2D eigenvalue weighted by Crippen LogP contribution is -2.16. The molecule has 1 heterocycles. The summed E-state index contributed by atoms with van der Waals surface area (Å²) in [4.78, 5) is 0. The average Bonchev–Trinajstić information content (AvgIpc) is 2.37. The van der Waals surface area contributed by atoms with Crippen LogP contribution in [0.2, 0.25) is 0 Å². The normalized spacial score (nSPS) is 10.4. The lowest BCUT2D eigenvalue weighted by molar-refractivity contribution is 0.289. The van der Waals surface area contributed by atoms with Gasteiger partial charge >= 0.3 is 0 Å². The molecule has 0 bridgehead atoms. The summed E-state index contributed by atoms with van der Waals surface area (Å²) >= 11 is 2.12. The highest BCUT2D eigenvalue weighted by molar-refractivity contribution is 14.1. The smallest absolute Gasteiger partial charge is 0.164 e. The molecular weight excluding hydrogens is 257 g/mol. The second-order valence-corrected chi connectivity index (χ2v) is 3.17. The predicted molar refractivity (Wildman–Crippen MR) is 50.2 cm³/mol. The van der Waals surface area contributed by atoms with Gasteiger partial charge in [-0.05, 0) is 34.7 Å². The first kappa shape index (κ1) is 9.02. The van der Waals surface area contributed by atoms with Gasteiger partial charge in [0, 0.05) is 6.54 Å². The maximum absolute atomic E-state index is 8.45. The summed E-state index contributed by atoms with van der Waals surface area (Å²) in [6.45, 7) is 1.46. The molecule has 0 atom stereocenters. The van der Waals surface area contributed by atoms with Gasteiger partial charge in [0.25, 0.3) is 0 Å². The molecule has 0 aliphatic heterocycles. The first-order valence-corrected chi connectivity index (χ1v) is 4.46. The first-order valence-electron chi connectivity index (χ1n) is 3.38. The minimum atomic E-state index is 0.164. The summed E-state index contributed by atoms with van der Waals surface area (Å²) in [5, 5.41) is 11.5. The van der Waals surface area contributed by atoms with Crippen LogP contribution in [0, 0.1) is 3.77 Å². The molecule has 0 amide bonds. The van der Waals surface area contributed by atoms with Crippen molar-refractivity contribution in [1.29, 1.82) is 0 Å². The van der Waals surface area contributed by atoms with E-state index in [9.17, 15) is 0 Å². The molecule has 0 aliphatic rings. The number of halogens is 1. The number of aliphatic hydroxyl groups is 1. The molecule has 1 aromatic heterocycles. The average molecular weight is 267 g/mol. The molecule has 0 radical (unpaired) electrons. The highest BCUT2D eigenvalue weighted by atomic mass is 127. The van der Waals surface area contributed by atoms with Gasteiger partial charge in [0.1, 0.15) is 5.76 Å². The Hall–Kier alpha value is -0.0700. The van der Waals surface area contributed by atoms with Crippen LogP contribution in [0.3, 0.4) is 0 Å². The van der Waals surface area contributed by atoms with Gasteiger partial charge in [0.2, 0.25) is 0 Å². The quantitative estimate of drug-likeness (QED) is 0.631. The Morgan fingerprint density at radius 3 is 2.91 bits per heavy atom. The van der Waals surface area contributed by atoms with Crippen LogP contribution in [-0.2, 0) is 6.54 Å². The maximum atomic E-state index is 8.45. The van der Waals surface area contributed by atoms with Gasteiger partial charge in [-0.25, -0.2) is 0 Å². The van der Waals surface area contributed by atoms with Crippen LogP contribution >= 0.6 is 22.6 Å². The van der Waals surface area contributed by atoms with Crippen molar-refractivity contribution in [1.82, 2.24) is 5.32 Å². The Morgan fingerprint density at radius 1 is 1.55 bits per heavy atom. The Balaban J connectivity index is 2.27. The molecule has 0 saturated carbocycles. The lowest BCUT2D eigenvalue weighted by Gasteiger charge is -1.97. The molecule has 1 aromatic rings. The van der Waals surface area contributed by atoms with Gasteiger partial charge in [0.15, 0.2) is 3.77 Å². The van der Waals surface area contributed by atoms with E-state index in [2.05, 4.69) is 27.9 Å². The van der Waals surface area contributed by atoms with Gasteiger partial charge < -0.3 is 14.8 Å². The van der Waals surface area contributed by atoms with Crippen LogP contribution in [0.15, 0.2) is 16.5 Å². The molecule has 0 aromatic carbocycles. The van der Waals surface area contributed by atoms with E-state index in [1.807, 2.05) is 12.1 Å². The van der Waals surface area contributed by atoms with E-state index in [-0.39, 0.29) is 6.61 Å². The largest absolute Gasteiger partial charge is 0.454 e. The summed E-state index contributed by atoms with van der Waals surface area (Å²) < 4.78 is 6.16. The fourth-order valence-electron chi connectivity index (χ4n) is 0.737. The monoisotopic (exact) mass is 267 g/mol. The van der Waals surface area contributed by atoms with Gasteiger partial charge in [-0.2, -0.15) is 0 Å². The van der Waals surface area contributed by atoms with Crippen LogP contribution in [0.4, 0.5) is 0 Å². The van der Waals surface area contributed by atoms with Crippen molar-refractivity contribution in [2.45, 2.75) is 6.54 Å². The highest BCUT2D eigenvalue weighted by Gasteiger charge is 1.96. The molecule has 0 saturated heterocycles. The standard InChI is InChI=1S/C7H10INO2/c8-7-2-1-6(11-7)5-9-3-4-10/h1-2,9-10H,3-5H2. The summed E-state index contributed by atoms with van der Waals surface area (Å²) in [6.07, 6.45) is 0. The molecule has 4 heteroatoms. The fourth-order valence-corrected chi connectivity index (χ4v) is 1.20. The van der Waals surface area contributed by atoms with Gasteiger partial charge in [-0.1, -0.05) is 0 Å². The minimum absolute atomic E-state index is 0.164. The fraction of sp³-hybridized carbons (Fsp3) is 0.429. The van der Waals surface area contributed by atoms with Crippen molar-refractivity contribution in [2.75, 3.05) is 13.2 Å². The van der Waals surface area contributed by atoms with E-state index in [0.29, 0.717) is 13.1 Å². The molecule has 1 rings (SSSR count). The molecule has 0 unspecified atom stereocenters. The third-order valence-corrected chi connectivity index (χ3v) is 1.80. The molecule has 0 spiro atoms. The van der Waals surface area contributed by atoms with E-state index in [1.54, 1.807) is 0 Å². The van der Waals surface area contributed by atoms with Crippen LogP contribution in [0.25, 0.3) is 0 Å². The van der Waals surface area contributed by atoms with Crippen molar-refractivity contribution in [3.8, 4) is 0 Å². The zero-order chi connectivity index (χ0) is 8.10. The third-order valence-electron chi connectivity index (χ3n) is 1.22.